The summed E-state index contributed by atoms with van der Waals surface area (Å²) in [6.07, 6.45) is 5.29. The third-order valence-corrected chi connectivity index (χ3v) is 2.02. The minimum Gasteiger partial charge on any atom is -0.370 e. The van der Waals surface area contributed by atoms with Crippen molar-refractivity contribution in [1.82, 2.24) is 0 Å². The molecule has 0 atom stereocenters. The van der Waals surface area contributed by atoms with Gasteiger partial charge >= 0.3 is 1.43 Å². The molecule has 0 saturated carbocycles. The summed E-state index contributed by atoms with van der Waals surface area (Å²) in [6, 6.07) is 3.71. The second kappa shape index (κ2) is 36.1. The first-order valence-corrected chi connectivity index (χ1v) is 7.66. The lowest BCUT2D eigenvalue weighted by molar-refractivity contribution is -0.118. The molecule has 0 aromatic heterocycles. The van der Waals surface area contributed by atoms with Crippen LogP contribution in [0.3, 0.4) is 0 Å². The summed E-state index contributed by atoms with van der Waals surface area (Å²) in [5.74, 6) is 1.51. The van der Waals surface area contributed by atoms with Crippen molar-refractivity contribution >= 4 is 31.2 Å². The highest BCUT2D eigenvalue weighted by molar-refractivity contribution is 7.80. The number of rotatable bonds is 5. The van der Waals surface area contributed by atoms with E-state index in [9.17, 15) is 4.79 Å². The smallest absolute Gasteiger partial charge is 0.370 e. The predicted octanol–water partition coefficient (Wildman–Crippen LogP) is 3.63. The summed E-state index contributed by atoms with van der Waals surface area (Å²) in [4.78, 5) is 9.95. The summed E-state index contributed by atoms with van der Waals surface area (Å²) >= 11 is 7.81. The molecule has 0 aliphatic heterocycles. The Hall–Kier alpha value is -1.11. The molecule has 4 nitrogen and oxygen atoms in total. The third-order valence-electron chi connectivity index (χ3n) is 1.26. The first-order chi connectivity index (χ1) is 9.51. The molecule has 0 aromatic rings. The Morgan fingerprint density at radius 2 is 1.75 bits per heavy atom. The molecule has 0 radical (unpaired) electrons. The molecule has 0 rings (SSSR count). The van der Waals surface area contributed by atoms with Gasteiger partial charge in [-0.05, 0) is 30.8 Å². The number of hydrogen-bond donors (Lipinski definition) is 3. The molecule has 0 aliphatic rings. The largest absolute Gasteiger partial charge is 1.00 e. The van der Waals surface area contributed by atoms with E-state index in [4.69, 9.17) is 16.3 Å². The molecule has 116 valence electrons. The zero-order valence-electron chi connectivity index (χ0n) is 13.5. The van der Waals surface area contributed by atoms with Crippen LogP contribution >= 0.6 is 25.3 Å². The lowest BCUT2D eigenvalue weighted by atomic mass is 10.3. The minimum atomic E-state index is -0.242. The van der Waals surface area contributed by atoms with Crippen molar-refractivity contribution in [2.75, 3.05) is 11.5 Å². The fraction of sp³-hybridized carbons (Fsp3) is 0.643. The number of nitriles is 2. The van der Waals surface area contributed by atoms with E-state index in [0.29, 0.717) is 12.8 Å². The summed E-state index contributed by atoms with van der Waals surface area (Å²) in [7, 11) is 0. The number of nitrogens with two attached hydrogens (primary N) is 1. The average Bonchev–Trinajstić information content (AvgIpc) is 2.47. The number of primary amides is 1. The quantitative estimate of drug-likeness (QED) is 0.534. The van der Waals surface area contributed by atoms with E-state index in [1.807, 2.05) is 13.0 Å². The lowest BCUT2D eigenvalue weighted by Crippen LogP contribution is -2.09. The number of carbonyl (C=O) groups is 1. The Labute approximate surface area is 136 Å². The zero-order chi connectivity index (χ0) is 16.6. The van der Waals surface area contributed by atoms with Gasteiger partial charge in [0.25, 0.3) is 0 Å². The van der Waals surface area contributed by atoms with E-state index in [2.05, 4.69) is 38.8 Å². The molecule has 0 aromatic carbocycles. The van der Waals surface area contributed by atoms with Gasteiger partial charge in [0, 0.05) is 18.9 Å². The fourth-order valence-corrected chi connectivity index (χ4v) is 0.523. The molecule has 0 spiro atoms. The van der Waals surface area contributed by atoms with E-state index in [1.54, 1.807) is 6.07 Å². The molecule has 0 aliphatic carbocycles. The summed E-state index contributed by atoms with van der Waals surface area (Å²) in [6.45, 7) is 7.21. The highest BCUT2D eigenvalue weighted by atomic mass is 32.1. The zero-order valence-corrected chi connectivity index (χ0v) is 14.3. The standard InChI is InChI=1S/C4H9NOS.C4H7N.C3H3N.C3H8S/c5-4(6)2-1-3-7;1-2-3-4-5;2*1-2-3-4/h7H,1-3H2,(H2,5,6);2-3H2,1H3;2H,1H2;4H,2-3H2,1H3/p+1. The van der Waals surface area contributed by atoms with Crippen molar-refractivity contribution < 1.29 is 6.22 Å². The van der Waals surface area contributed by atoms with Gasteiger partial charge in [0.1, 0.15) is 0 Å². The van der Waals surface area contributed by atoms with Gasteiger partial charge in [-0.15, -0.1) is 0 Å². The van der Waals surface area contributed by atoms with Gasteiger partial charge < -0.3 is 5.73 Å². The van der Waals surface area contributed by atoms with Crippen LogP contribution in [-0.2, 0) is 4.79 Å². The maximum atomic E-state index is 9.95. The summed E-state index contributed by atoms with van der Waals surface area (Å²) in [5.41, 5.74) is 4.81. The second-order valence-corrected chi connectivity index (χ2v) is 4.15. The number of hydrogen-bond acceptors (Lipinski definition) is 5. The van der Waals surface area contributed by atoms with E-state index in [1.165, 1.54) is 12.5 Å². The predicted molar refractivity (Wildman–Crippen MR) is 93.9 cm³/mol. The lowest BCUT2D eigenvalue weighted by Gasteiger charge is -1.86. The summed E-state index contributed by atoms with van der Waals surface area (Å²) in [5, 5.41) is 15.3. The number of allylic oxidation sites excluding steroid dienone is 1. The molecule has 0 bridgehead atoms. The van der Waals surface area contributed by atoms with E-state index >= 15 is 0 Å². The van der Waals surface area contributed by atoms with Crippen molar-refractivity contribution in [3.8, 4) is 12.1 Å². The fourth-order valence-electron chi connectivity index (χ4n) is 0.365. The summed E-state index contributed by atoms with van der Waals surface area (Å²) < 4.78 is 0. The molecule has 20 heavy (non-hydrogen) atoms. The Bertz CT molecular complexity index is 274. The molecule has 2 N–H and O–H groups in total. The van der Waals surface area contributed by atoms with Gasteiger partial charge in [-0.25, -0.2) is 0 Å². The second-order valence-electron chi connectivity index (χ2n) is 3.26. The molecule has 1 amide bonds. The maximum Gasteiger partial charge on any atom is 1.00 e. The molecule has 0 unspecified atom stereocenters. The molecule has 0 fully saturated rings. The van der Waals surface area contributed by atoms with Gasteiger partial charge in [0.05, 0.1) is 12.1 Å². The Morgan fingerprint density at radius 3 is 1.80 bits per heavy atom. The van der Waals surface area contributed by atoms with Crippen molar-refractivity contribution in [3.63, 3.8) is 0 Å². The molecule has 6 heteroatoms. The van der Waals surface area contributed by atoms with Crippen molar-refractivity contribution in [2.24, 2.45) is 5.73 Å². The van der Waals surface area contributed by atoms with Gasteiger partial charge in [0.15, 0.2) is 0 Å². The average molecular weight is 319 g/mol. The SMILES string of the molecule is C=CC#N.CCCC#N.CCCS.NC(=O)CCCS.[H+]. The number of unbranched alkanes of at least 4 members (excludes halogenated alkanes) is 1. The van der Waals surface area contributed by atoms with Crippen LogP contribution in [0.4, 0.5) is 0 Å². The number of carbonyl (C=O) groups excluding carboxylic acids is 1. The topological polar surface area (TPSA) is 90.7 Å². The Morgan fingerprint density at radius 1 is 1.30 bits per heavy atom. The van der Waals surface area contributed by atoms with Gasteiger partial charge in [0.2, 0.25) is 5.91 Å². The van der Waals surface area contributed by atoms with Crippen LogP contribution in [-0.4, -0.2) is 17.4 Å². The molecular formula is C14H28N3OS2+. The Kier molecular flexibility index (Phi) is 49.2. The van der Waals surface area contributed by atoms with E-state index in [0.717, 1.165) is 24.3 Å². The van der Waals surface area contributed by atoms with E-state index < -0.39 is 0 Å². The van der Waals surface area contributed by atoms with Gasteiger partial charge in [-0.1, -0.05) is 20.4 Å². The van der Waals surface area contributed by atoms with Crippen LogP contribution in [0.2, 0.25) is 0 Å². The third kappa shape index (κ3) is 89.8. The number of nitrogens with zero attached hydrogens (tertiary/aromatic N) is 2. The van der Waals surface area contributed by atoms with Gasteiger partial charge in [-0.2, -0.15) is 35.8 Å². The Balaban J connectivity index is -0.0000000550. The monoisotopic (exact) mass is 318 g/mol. The van der Waals surface area contributed by atoms with Crippen LogP contribution in [0, 0.1) is 22.7 Å². The van der Waals surface area contributed by atoms with Crippen molar-refractivity contribution in [3.05, 3.63) is 12.7 Å². The van der Waals surface area contributed by atoms with E-state index in [-0.39, 0.29) is 7.33 Å². The first-order valence-electron chi connectivity index (χ1n) is 6.39. The van der Waals surface area contributed by atoms with Crippen molar-refractivity contribution in [2.45, 2.75) is 46.0 Å². The van der Waals surface area contributed by atoms with Crippen LogP contribution in [0.1, 0.15) is 47.4 Å². The number of thiol groups is 2. The van der Waals surface area contributed by atoms with Crippen LogP contribution in [0.5, 0.6) is 0 Å². The minimum absolute atomic E-state index is 0. The normalized spacial score (nSPS) is 6.90. The van der Waals surface area contributed by atoms with Crippen LogP contribution in [0.25, 0.3) is 0 Å². The number of amides is 1. The molecule has 0 saturated heterocycles. The molecule has 0 heterocycles. The first kappa shape index (κ1) is 27.3. The highest BCUT2D eigenvalue weighted by Gasteiger charge is 1.88. The van der Waals surface area contributed by atoms with Crippen LogP contribution in [0.15, 0.2) is 12.7 Å². The van der Waals surface area contributed by atoms with Crippen LogP contribution < -0.4 is 5.73 Å². The van der Waals surface area contributed by atoms with Crippen molar-refractivity contribution in [1.29, 1.82) is 10.5 Å². The highest BCUT2D eigenvalue weighted by Crippen LogP contribution is 1.87. The molecular weight excluding hydrogens is 290 g/mol. The maximum absolute atomic E-state index is 9.95. The van der Waals surface area contributed by atoms with Gasteiger partial charge in [-0.3, -0.25) is 4.79 Å².